The number of piperidine rings is 1. The Labute approximate surface area is 117 Å². The van der Waals surface area contributed by atoms with Crippen molar-refractivity contribution in [1.82, 2.24) is 20.4 Å². The number of rotatable bonds is 4. The number of carbonyl (C=O) groups excluding carboxylic acids is 1. The second kappa shape index (κ2) is 6.21. The Hall–Kier alpha value is -1.64. The van der Waals surface area contributed by atoms with E-state index >= 15 is 0 Å². The maximum atomic E-state index is 11.8. The van der Waals surface area contributed by atoms with Gasteiger partial charge in [0.1, 0.15) is 0 Å². The van der Waals surface area contributed by atoms with Gasteiger partial charge >= 0.3 is 11.3 Å². The zero-order valence-corrected chi connectivity index (χ0v) is 12.1. The number of aromatic nitrogens is 2. The molecule has 0 saturated carbocycles. The van der Waals surface area contributed by atoms with Crippen LogP contribution >= 0.6 is 0 Å². The van der Waals surface area contributed by atoms with E-state index in [1.165, 1.54) is 6.42 Å². The van der Waals surface area contributed by atoms with Crippen LogP contribution in [0.1, 0.15) is 25.2 Å². The molecule has 0 spiro atoms. The van der Waals surface area contributed by atoms with Gasteiger partial charge in [0.15, 0.2) is 0 Å². The van der Waals surface area contributed by atoms with E-state index in [2.05, 4.69) is 15.5 Å². The number of hydrogen-bond donors (Lipinski definition) is 1. The molecule has 1 fully saturated rings. The SMILES string of the molecule is CS(=O)(=O)c1nnc(CCNC(=O)N2CCCCC2)o1. The number of nitrogens with one attached hydrogen (secondary N) is 1. The predicted octanol–water partition coefficient (Wildman–Crippen LogP) is 0.211. The number of sulfone groups is 1. The number of nitrogens with zero attached hydrogens (tertiary/aromatic N) is 3. The van der Waals surface area contributed by atoms with Crippen LogP contribution in [0.4, 0.5) is 4.79 Å². The lowest BCUT2D eigenvalue weighted by molar-refractivity contribution is 0.186. The van der Waals surface area contributed by atoms with Crippen LogP contribution in [-0.4, -0.2) is 55.4 Å². The summed E-state index contributed by atoms with van der Waals surface area (Å²) >= 11 is 0. The van der Waals surface area contributed by atoms with Gasteiger partial charge in [-0.05, 0) is 19.3 Å². The van der Waals surface area contributed by atoms with E-state index in [1.807, 2.05) is 0 Å². The smallest absolute Gasteiger partial charge is 0.335 e. The molecule has 1 aromatic heterocycles. The first-order valence-corrected chi connectivity index (χ1v) is 8.41. The van der Waals surface area contributed by atoms with Gasteiger partial charge in [-0.1, -0.05) is 5.10 Å². The summed E-state index contributed by atoms with van der Waals surface area (Å²) in [6, 6.07) is -0.104. The Bertz CT molecular complexity index is 563. The van der Waals surface area contributed by atoms with Gasteiger partial charge < -0.3 is 14.6 Å². The van der Waals surface area contributed by atoms with E-state index in [9.17, 15) is 13.2 Å². The third-order valence-electron chi connectivity index (χ3n) is 3.02. The summed E-state index contributed by atoms with van der Waals surface area (Å²) in [5.74, 6) is 0.198. The van der Waals surface area contributed by atoms with Crippen LogP contribution in [0.5, 0.6) is 0 Å². The highest BCUT2D eigenvalue weighted by Crippen LogP contribution is 2.09. The summed E-state index contributed by atoms with van der Waals surface area (Å²) in [7, 11) is -3.48. The molecule has 0 radical (unpaired) electrons. The first-order valence-electron chi connectivity index (χ1n) is 6.52. The van der Waals surface area contributed by atoms with Gasteiger partial charge in [-0.2, -0.15) is 0 Å². The Morgan fingerprint density at radius 3 is 2.60 bits per heavy atom. The molecule has 1 saturated heterocycles. The number of likely N-dealkylation sites (tertiary alicyclic amines) is 1. The zero-order valence-electron chi connectivity index (χ0n) is 11.3. The fourth-order valence-electron chi connectivity index (χ4n) is 1.97. The van der Waals surface area contributed by atoms with Gasteiger partial charge in [0.05, 0.1) is 0 Å². The summed E-state index contributed by atoms with van der Waals surface area (Å²) < 4.78 is 27.3. The molecule has 0 atom stereocenters. The van der Waals surface area contributed by atoms with E-state index in [0.29, 0.717) is 13.0 Å². The van der Waals surface area contributed by atoms with Crippen molar-refractivity contribution in [2.45, 2.75) is 30.9 Å². The highest BCUT2D eigenvalue weighted by molar-refractivity contribution is 7.90. The molecule has 0 unspecified atom stereocenters. The second-order valence-electron chi connectivity index (χ2n) is 4.76. The van der Waals surface area contributed by atoms with E-state index in [0.717, 1.165) is 32.2 Å². The molecule has 2 heterocycles. The zero-order chi connectivity index (χ0) is 14.6. The lowest BCUT2D eigenvalue weighted by Gasteiger charge is -2.26. The summed E-state index contributed by atoms with van der Waals surface area (Å²) in [6.07, 6.45) is 4.55. The summed E-state index contributed by atoms with van der Waals surface area (Å²) in [5, 5.41) is 9.44. The van der Waals surface area contributed by atoms with Gasteiger partial charge in [-0.15, -0.1) is 5.10 Å². The monoisotopic (exact) mass is 302 g/mol. The average Bonchev–Trinajstić information content (AvgIpc) is 2.88. The molecule has 8 nitrogen and oxygen atoms in total. The number of amides is 2. The summed E-state index contributed by atoms with van der Waals surface area (Å²) in [6.45, 7) is 1.90. The topological polar surface area (TPSA) is 105 Å². The molecule has 2 amide bonds. The Morgan fingerprint density at radius 1 is 1.30 bits per heavy atom. The minimum Gasteiger partial charge on any atom is -0.412 e. The van der Waals surface area contributed by atoms with Crippen LogP contribution in [0, 0.1) is 0 Å². The lowest BCUT2D eigenvalue weighted by Crippen LogP contribution is -2.43. The molecule has 9 heteroatoms. The minimum absolute atomic E-state index is 0.104. The summed E-state index contributed by atoms with van der Waals surface area (Å²) in [4.78, 5) is 13.6. The molecule has 112 valence electrons. The molecule has 1 aromatic rings. The third-order valence-corrected chi connectivity index (χ3v) is 3.82. The van der Waals surface area contributed by atoms with E-state index in [4.69, 9.17) is 4.42 Å². The minimum atomic E-state index is -3.48. The standard InChI is InChI=1S/C11H18N4O4S/c1-20(17,18)11-14-13-9(19-11)5-6-12-10(16)15-7-3-2-4-8-15/h2-8H2,1H3,(H,12,16). The first kappa shape index (κ1) is 14.8. The van der Waals surface area contributed by atoms with Gasteiger partial charge in [-0.3, -0.25) is 0 Å². The van der Waals surface area contributed by atoms with Crippen LogP contribution in [0.2, 0.25) is 0 Å². The van der Waals surface area contributed by atoms with Crippen LogP contribution in [-0.2, 0) is 16.3 Å². The van der Waals surface area contributed by atoms with Crippen molar-refractivity contribution in [3.8, 4) is 0 Å². The van der Waals surface area contributed by atoms with Crippen LogP contribution in [0.3, 0.4) is 0 Å². The fraction of sp³-hybridized carbons (Fsp3) is 0.727. The first-order chi connectivity index (χ1) is 9.47. The van der Waals surface area contributed by atoms with Crippen molar-refractivity contribution in [2.24, 2.45) is 0 Å². The number of hydrogen-bond acceptors (Lipinski definition) is 6. The lowest BCUT2D eigenvalue weighted by atomic mass is 10.1. The maximum absolute atomic E-state index is 11.8. The molecule has 1 aliphatic heterocycles. The molecular weight excluding hydrogens is 284 g/mol. The molecule has 0 aromatic carbocycles. The maximum Gasteiger partial charge on any atom is 0.335 e. The highest BCUT2D eigenvalue weighted by Gasteiger charge is 2.18. The van der Waals surface area contributed by atoms with E-state index in [1.54, 1.807) is 4.90 Å². The van der Waals surface area contributed by atoms with Gasteiger partial charge in [0.2, 0.25) is 15.7 Å². The molecule has 20 heavy (non-hydrogen) atoms. The Morgan fingerprint density at radius 2 is 2.00 bits per heavy atom. The normalized spacial score (nSPS) is 16.1. The predicted molar refractivity (Wildman–Crippen MR) is 69.9 cm³/mol. The van der Waals surface area contributed by atoms with Gasteiger partial charge in [0, 0.05) is 32.3 Å². The molecule has 0 bridgehead atoms. The molecule has 1 N–H and O–H groups in total. The molecule has 0 aliphatic carbocycles. The highest BCUT2D eigenvalue weighted by atomic mass is 32.2. The molecule has 2 rings (SSSR count). The quantitative estimate of drug-likeness (QED) is 0.852. The van der Waals surface area contributed by atoms with E-state index in [-0.39, 0.29) is 11.9 Å². The average molecular weight is 302 g/mol. The molecular formula is C11H18N4O4S. The van der Waals surface area contributed by atoms with Crippen molar-refractivity contribution in [3.05, 3.63) is 5.89 Å². The number of carbonyl (C=O) groups is 1. The van der Waals surface area contributed by atoms with Crippen molar-refractivity contribution in [1.29, 1.82) is 0 Å². The molecule has 1 aliphatic rings. The Kier molecular flexibility index (Phi) is 4.58. The largest absolute Gasteiger partial charge is 0.412 e. The fourth-order valence-corrected chi connectivity index (χ4v) is 2.41. The van der Waals surface area contributed by atoms with Gasteiger partial charge in [-0.25, -0.2) is 13.2 Å². The third kappa shape index (κ3) is 3.92. The van der Waals surface area contributed by atoms with Crippen molar-refractivity contribution >= 4 is 15.9 Å². The van der Waals surface area contributed by atoms with E-state index < -0.39 is 15.1 Å². The van der Waals surface area contributed by atoms with Crippen molar-refractivity contribution in [3.63, 3.8) is 0 Å². The second-order valence-corrected chi connectivity index (χ2v) is 6.66. The van der Waals surface area contributed by atoms with Crippen molar-refractivity contribution < 1.29 is 17.6 Å². The summed E-state index contributed by atoms with van der Waals surface area (Å²) in [5.41, 5.74) is 0. The van der Waals surface area contributed by atoms with Crippen LogP contribution in [0.25, 0.3) is 0 Å². The Balaban J connectivity index is 1.78. The van der Waals surface area contributed by atoms with Gasteiger partial charge in [0.25, 0.3) is 0 Å². The van der Waals surface area contributed by atoms with Crippen LogP contribution in [0.15, 0.2) is 9.64 Å². The number of urea groups is 1. The van der Waals surface area contributed by atoms with Crippen LogP contribution < -0.4 is 5.32 Å². The van der Waals surface area contributed by atoms with Crippen molar-refractivity contribution in [2.75, 3.05) is 25.9 Å².